The number of hydrogen-bond donors (Lipinski definition) is 1. The van der Waals surface area contributed by atoms with Crippen LogP contribution in [0, 0.1) is 5.82 Å². The number of imide groups is 1. The normalized spacial score (nSPS) is 19.1. The maximum atomic E-state index is 14.6. The Kier molecular flexibility index (Phi) is 5.81. The maximum absolute atomic E-state index is 14.6. The summed E-state index contributed by atoms with van der Waals surface area (Å²) in [4.78, 5) is 40.6. The molecule has 1 N–H and O–H groups in total. The number of likely N-dealkylation sites (N-methyl/N-ethyl adjacent to an activating group) is 1. The summed E-state index contributed by atoms with van der Waals surface area (Å²) in [7, 11) is 2.98. The second kappa shape index (κ2) is 8.14. The number of H-pyrrole nitrogens is 1. The van der Waals surface area contributed by atoms with Gasteiger partial charge in [0.25, 0.3) is 0 Å². The Morgan fingerprint density at radius 2 is 2.07 bits per heavy atom. The van der Waals surface area contributed by atoms with Crippen LogP contribution in [0.4, 0.5) is 4.39 Å². The van der Waals surface area contributed by atoms with Gasteiger partial charge in [0.1, 0.15) is 5.82 Å². The highest BCUT2D eigenvalue weighted by molar-refractivity contribution is 6.10. The van der Waals surface area contributed by atoms with Crippen LogP contribution in [-0.2, 0) is 32.8 Å². The largest absolute Gasteiger partial charge is 0.340 e. The number of nitrogens with one attached hydrogen (secondary N) is 1. The highest BCUT2D eigenvalue weighted by atomic mass is 19.1. The van der Waals surface area contributed by atoms with Crippen LogP contribution in [-0.4, -0.2) is 51.8 Å². The molecule has 7 nitrogen and oxygen atoms in total. The van der Waals surface area contributed by atoms with Crippen molar-refractivity contribution >= 4 is 17.7 Å². The molecule has 1 saturated heterocycles. The van der Waals surface area contributed by atoms with Crippen molar-refractivity contribution in [1.29, 1.82) is 0 Å². The van der Waals surface area contributed by atoms with Gasteiger partial charge in [-0.1, -0.05) is 31.5 Å². The van der Waals surface area contributed by atoms with Crippen LogP contribution < -0.4 is 0 Å². The molecule has 1 aliphatic heterocycles. The molecule has 3 rings (SSSR count). The van der Waals surface area contributed by atoms with E-state index in [0.717, 1.165) is 29.1 Å². The van der Waals surface area contributed by atoms with E-state index in [0.29, 0.717) is 0 Å². The smallest absolute Gasteiger partial charge is 0.240 e. The van der Waals surface area contributed by atoms with E-state index >= 15 is 0 Å². The average molecular weight is 400 g/mol. The lowest BCUT2D eigenvalue weighted by Gasteiger charge is -2.28. The maximum Gasteiger partial charge on any atom is 0.240 e. The average Bonchev–Trinajstić information content (AvgIpc) is 3.21. The number of benzene rings is 1. The van der Waals surface area contributed by atoms with Crippen LogP contribution in [0.1, 0.15) is 43.1 Å². The van der Waals surface area contributed by atoms with E-state index < -0.39 is 23.0 Å². The van der Waals surface area contributed by atoms with Crippen molar-refractivity contribution in [2.45, 2.75) is 44.6 Å². The fourth-order valence-corrected chi connectivity index (χ4v) is 3.79. The standard InChI is InChI=1S/C21H25FN4O3/c1-4-7-14-10-15(24-23-14)13-25(2)18(27)11-21(12-19(28)26(3)20(21)29)16-8-5-6-9-17(16)22/h5-6,8-10H,4,7,11-13H2,1-3H3,(H,23,24). The number of rotatable bonds is 7. The lowest BCUT2D eigenvalue weighted by atomic mass is 9.75. The number of carbonyl (C=O) groups excluding carboxylic acids is 3. The molecule has 2 heterocycles. The second-order valence-electron chi connectivity index (χ2n) is 7.56. The van der Waals surface area contributed by atoms with Gasteiger partial charge in [0, 0.05) is 32.5 Å². The number of aromatic amines is 1. The van der Waals surface area contributed by atoms with Gasteiger partial charge in [-0.05, 0) is 18.6 Å². The van der Waals surface area contributed by atoms with E-state index in [1.807, 2.05) is 6.07 Å². The second-order valence-corrected chi connectivity index (χ2v) is 7.56. The molecule has 0 spiro atoms. The molecule has 8 heteroatoms. The van der Waals surface area contributed by atoms with E-state index in [2.05, 4.69) is 17.1 Å². The summed E-state index contributed by atoms with van der Waals surface area (Å²) in [5, 5.41) is 7.12. The zero-order chi connectivity index (χ0) is 21.2. The molecule has 1 unspecified atom stereocenters. The van der Waals surface area contributed by atoms with Gasteiger partial charge in [-0.3, -0.25) is 24.4 Å². The lowest BCUT2D eigenvalue weighted by molar-refractivity contribution is -0.141. The van der Waals surface area contributed by atoms with Crippen molar-refractivity contribution in [3.63, 3.8) is 0 Å². The molecule has 0 bridgehead atoms. The molecule has 0 radical (unpaired) electrons. The summed E-state index contributed by atoms with van der Waals surface area (Å²) in [6, 6.07) is 7.72. The SMILES string of the molecule is CCCc1cc(CN(C)C(=O)CC2(c3ccccc3F)CC(=O)N(C)C2=O)[nH]n1. The molecule has 3 amide bonds. The van der Waals surface area contributed by atoms with Crippen LogP contribution in [0.15, 0.2) is 30.3 Å². The molecule has 1 aliphatic rings. The van der Waals surface area contributed by atoms with Crippen molar-refractivity contribution in [2.75, 3.05) is 14.1 Å². The topological polar surface area (TPSA) is 86.4 Å². The minimum atomic E-state index is -1.52. The predicted molar refractivity (Wildman–Crippen MR) is 104 cm³/mol. The van der Waals surface area contributed by atoms with Gasteiger partial charge in [-0.15, -0.1) is 0 Å². The number of nitrogens with zero attached hydrogens (tertiary/aromatic N) is 3. The molecule has 0 saturated carbocycles. The number of amides is 3. The summed E-state index contributed by atoms with van der Waals surface area (Å²) in [6.07, 6.45) is 1.30. The Morgan fingerprint density at radius 3 is 2.69 bits per heavy atom. The van der Waals surface area contributed by atoms with E-state index in [1.54, 1.807) is 13.1 Å². The van der Waals surface area contributed by atoms with E-state index in [-0.39, 0.29) is 30.9 Å². The first kappa shape index (κ1) is 20.7. The first-order valence-corrected chi connectivity index (χ1v) is 9.61. The minimum absolute atomic E-state index is 0.0798. The summed E-state index contributed by atoms with van der Waals surface area (Å²) < 4.78 is 14.6. The Morgan fingerprint density at radius 1 is 1.34 bits per heavy atom. The summed E-state index contributed by atoms with van der Waals surface area (Å²) in [5.74, 6) is -1.93. The zero-order valence-corrected chi connectivity index (χ0v) is 16.9. The molecule has 154 valence electrons. The van der Waals surface area contributed by atoms with Crippen LogP contribution in [0.25, 0.3) is 0 Å². The van der Waals surface area contributed by atoms with Crippen molar-refractivity contribution in [1.82, 2.24) is 20.0 Å². The fraction of sp³-hybridized carbons (Fsp3) is 0.429. The third-order valence-electron chi connectivity index (χ3n) is 5.41. The molecule has 1 atom stereocenters. The van der Waals surface area contributed by atoms with Crippen molar-refractivity contribution in [3.8, 4) is 0 Å². The van der Waals surface area contributed by atoms with Crippen molar-refractivity contribution in [2.24, 2.45) is 0 Å². The van der Waals surface area contributed by atoms with Crippen LogP contribution in [0.2, 0.25) is 0 Å². The molecular weight excluding hydrogens is 375 g/mol. The minimum Gasteiger partial charge on any atom is -0.340 e. The molecular formula is C21H25FN4O3. The number of hydrogen-bond acceptors (Lipinski definition) is 4. The van der Waals surface area contributed by atoms with Gasteiger partial charge in [0.15, 0.2) is 0 Å². The molecule has 2 aromatic rings. The zero-order valence-electron chi connectivity index (χ0n) is 16.9. The third-order valence-corrected chi connectivity index (χ3v) is 5.41. The monoisotopic (exact) mass is 400 g/mol. The quantitative estimate of drug-likeness (QED) is 0.722. The Bertz CT molecular complexity index is 942. The Hall–Kier alpha value is -3.03. The first-order chi connectivity index (χ1) is 13.8. The van der Waals surface area contributed by atoms with E-state index in [9.17, 15) is 18.8 Å². The number of likely N-dealkylation sites (tertiary alicyclic amines) is 1. The molecule has 1 aromatic carbocycles. The Labute approximate surface area is 168 Å². The lowest BCUT2D eigenvalue weighted by Crippen LogP contribution is -2.42. The number of carbonyl (C=O) groups is 3. The van der Waals surface area contributed by atoms with Gasteiger partial charge >= 0.3 is 0 Å². The van der Waals surface area contributed by atoms with Crippen LogP contribution in [0.5, 0.6) is 0 Å². The fourth-order valence-electron chi connectivity index (χ4n) is 3.79. The predicted octanol–water partition coefficient (Wildman–Crippen LogP) is 2.18. The van der Waals surface area contributed by atoms with Crippen molar-refractivity contribution in [3.05, 3.63) is 53.1 Å². The van der Waals surface area contributed by atoms with Crippen LogP contribution in [0.3, 0.4) is 0 Å². The summed E-state index contributed by atoms with van der Waals surface area (Å²) >= 11 is 0. The van der Waals surface area contributed by atoms with Gasteiger partial charge in [-0.2, -0.15) is 5.10 Å². The Balaban J connectivity index is 1.84. The van der Waals surface area contributed by atoms with Gasteiger partial charge in [-0.25, -0.2) is 4.39 Å². The summed E-state index contributed by atoms with van der Waals surface area (Å²) in [6.45, 7) is 2.34. The number of halogens is 1. The van der Waals surface area contributed by atoms with E-state index in [1.165, 1.54) is 30.1 Å². The first-order valence-electron chi connectivity index (χ1n) is 9.61. The molecule has 1 fully saturated rings. The van der Waals surface area contributed by atoms with Gasteiger partial charge in [0.2, 0.25) is 17.7 Å². The van der Waals surface area contributed by atoms with Crippen LogP contribution >= 0.6 is 0 Å². The molecule has 29 heavy (non-hydrogen) atoms. The molecule has 0 aliphatic carbocycles. The third kappa shape index (κ3) is 3.92. The highest BCUT2D eigenvalue weighted by Crippen LogP contribution is 2.40. The molecule has 1 aromatic heterocycles. The number of aromatic nitrogens is 2. The van der Waals surface area contributed by atoms with Crippen molar-refractivity contribution < 1.29 is 18.8 Å². The van der Waals surface area contributed by atoms with Gasteiger partial charge in [0.05, 0.1) is 23.3 Å². The summed E-state index contributed by atoms with van der Waals surface area (Å²) in [5.41, 5.74) is 0.250. The highest BCUT2D eigenvalue weighted by Gasteiger charge is 2.53. The van der Waals surface area contributed by atoms with E-state index in [4.69, 9.17) is 0 Å². The van der Waals surface area contributed by atoms with Gasteiger partial charge < -0.3 is 4.90 Å². The number of aryl methyl sites for hydroxylation is 1.